The van der Waals surface area contributed by atoms with Crippen molar-refractivity contribution in [2.75, 3.05) is 13.2 Å². The van der Waals surface area contributed by atoms with Gasteiger partial charge in [0.25, 0.3) is 0 Å². The molecular formula is C9H19NO2. The quantitative estimate of drug-likeness (QED) is 0.651. The summed E-state index contributed by atoms with van der Waals surface area (Å²) in [5, 5.41) is 12.3. The lowest BCUT2D eigenvalue weighted by atomic mass is 10.1. The monoisotopic (exact) mass is 173 g/mol. The van der Waals surface area contributed by atoms with Crippen LogP contribution in [-0.2, 0) is 4.74 Å². The summed E-state index contributed by atoms with van der Waals surface area (Å²) in [6, 6.07) is 0.363. The summed E-state index contributed by atoms with van der Waals surface area (Å²) >= 11 is 0. The molecule has 0 aliphatic carbocycles. The Balaban J connectivity index is 2.13. The van der Waals surface area contributed by atoms with Crippen molar-refractivity contribution in [2.24, 2.45) is 0 Å². The molecule has 3 atom stereocenters. The van der Waals surface area contributed by atoms with Crippen LogP contribution in [0.3, 0.4) is 0 Å². The topological polar surface area (TPSA) is 41.5 Å². The molecule has 1 fully saturated rings. The van der Waals surface area contributed by atoms with E-state index < -0.39 is 0 Å². The van der Waals surface area contributed by atoms with Crippen molar-refractivity contribution in [1.29, 1.82) is 0 Å². The summed E-state index contributed by atoms with van der Waals surface area (Å²) in [5.41, 5.74) is 0. The van der Waals surface area contributed by atoms with Crippen LogP contribution >= 0.6 is 0 Å². The van der Waals surface area contributed by atoms with Crippen LogP contribution in [-0.4, -0.2) is 36.5 Å². The number of aliphatic hydroxyl groups is 1. The summed E-state index contributed by atoms with van der Waals surface area (Å²) in [7, 11) is 0. The molecule has 2 N–H and O–H groups in total. The van der Waals surface area contributed by atoms with Crippen molar-refractivity contribution in [3.05, 3.63) is 0 Å². The molecule has 72 valence electrons. The van der Waals surface area contributed by atoms with E-state index >= 15 is 0 Å². The van der Waals surface area contributed by atoms with E-state index in [0.29, 0.717) is 18.7 Å². The van der Waals surface area contributed by atoms with Crippen LogP contribution in [0.1, 0.15) is 26.7 Å². The third kappa shape index (κ3) is 3.09. The van der Waals surface area contributed by atoms with Crippen molar-refractivity contribution in [3.8, 4) is 0 Å². The van der Waals surface area contributed by atoms with Gasteiger partial charge in [0.1, 0.15) is 0 Å². The molecule has 2 unspecified atom stereocenters. The van der Waals surface area contributed by atoms with Gasteiger partial charge in [0.05, 0.1) is 12.2 Å². The first-order valence-electron chi connectivity index (χ1n) is 4.73. The lowest BCUT2D eigenvalue weighted by molar-refractivity contribution is 0.0780. The molecule has 1 saturated heterocycles. The predicted molar refractivity (Wildman–Crippen MR) is 48.1 cm³/mol. The Morgan fingerprint density at radius 3 is 2.83 bits per heavy atom. The Morgan fingerprint density at radius 2 is 2.33 bits per heavy atom. The molecule has 0 amide bonds. The third-order valence-corrected chi connectivity index (χ3v) is 2.26. The zero-order chi connectivity index (χ0) is 8.97. The molecule has 0 aromatic carbocycles. The minimum atomic E-state index is -0.270. The first-order chi connectivity index (χ1) is 5.70. The van der Waals surface area contributed by atoms with E-state index in [-0.39, 0.29) is 6.10 Å². The van der Waals surface area contributed by atoms with E-state index in [0.717, 1.165) is 13.0 Å². The minimum absolute atomic E-state index is 0.270. The molecule has 3 nitrogen and oxygen atoms in total. The smallest absolute Gasteiger partial charge is 0.0726 e. The van der Waals surface area contributed by atoms with Crippen LogP contribution in [0, 0.1) is 0 Å². The highest BCUT2D eigenvalue weighted by molar-refractivity contribution is 4.76. The van der Waals surface area contributed by atoms with Crippen LogP contribution in [0.2, 0.25) is 0 Å². The molecule has 0 bridgehead atoms. The van der Waals surface area contributed by atoms with E-state index in [1.807, 2.05) is 0 Å². The summed E-state index contributed by atoms with van der Waals surface area (Å²) < 4.78 is 5.50. The lowest BCUT2D eigenvalue weighted by Gasteiger charge is -2.20. The Bertz CT molecular complexity index is 122. The first kappa shape index (κ1) is 9.96. The molecule has 0 spiro atoms. The van der Waals surface area contributed by atoms with Gasteiger partial charge in [-0.1, -0.05) is 0 Å². The maximum absolute atomic E-state index is 9.04. The summed E-state index contributed by atoms with van der Waals surface area (Å²) in [6.45, 7) is 5.44. The molecule has 0 radical (unpaired) electrons. The van der Waals surface area contributed by atoms with Gasteiger partial charge in [-0.3, -0.25) is 0 Å². The van der Waals surface area contributed by atoms with Crippen molar-refractivity contribution < 1.29 is 9.84 Å². The second-order valence-corrected chi connectivity index (χ2v) is 3.60. The molecule has 12 heavy (non-hydrogen) atoms. The zero-order valence-electron chi connectivity index (χ0n) is 7.92. The number of rotatable bonds is 4. The largest absolute Gasteiger partial charge is 0.392 e. The fraction of sp³-hybridized carbons (Fsp3) is 1.00. The Kier molecular flexibility index (Phi) is 3.98. The highest BCUT2D eigenvalue weighted by atomic mass is 16.5. The zero-order valence-corrected chi connectivity index (χ0v) is 7.92. The van der Waals surface area contributed by atoms with Crippen LogP contribution in [0.4, 0.5) is 0 Å². The first-order valence-corrected chi connectivity index (χ1v) is 4.73. The number of aliphatic hydroxyl groups excluding tert-OH is 1. The Labute approximate surface area is 74.1 Å². The van der Waals surface area contributed by atoms with Gasteiger partial charge < -0.3 is 15.2 Å². The van der Waals surface area contributed by atoms with E-state index in [1.165, 1.54) is 6.42 Å². The van der Waals surface area contributed by atoms with Crippen LogP contribution in [0.25, 0.3) is 0 Å². The molecule has 0 aromatic rings. The molecule has 0 saturated carbocycles. The summed E-state index contributed by atoms with van der Waals surface area (Å²) in [6.07, 6.45) is 2.40. The van der Waals surface area contributed by atoms with Gasteiger partial charge in [-0.25, -0.2) is 0 Å². The van der Waals surface area contributed by atoms with Gasteiger partial charge in [0, 0.05) is 19.2 Å². The van der Waals surface area contributed by atoms with Gasteiger partial charge in [0.2, 0.25) is 0 Å². The Morgan fingerprint density at radius 1 is 1.58 bits per heavy atom. The number of ether oxygens (including phenoxy) is 1. The second-order valence-electron chi connectivity index (χ2n) is 3.60. The molecule has 1 heterocycles. The average molecular weight is 173 g/mol. The normalized spacial score (nSPS) is 28.8. The van der Waals surface area contributed by atoms with E-state index in [4.69, 9.17) is 9.84 Å². The van der Waals surface area contributed by atoms with Gasteiger partial charge in [0.15, 0.2) is 0 Å². The van der Waals surface area contributed by atoms with Crippen molar-refractivity contribution >= 4 is 0 Å². The van der Waals surface area contributed by atoms with Crippen LogP contribution < -0.4 is 5.32 Å². The number of hydrogen-bond donors (Lipinski definition) is 2. The third-order valence-electron chi connectivity index (χ3n) is 2.26. The summed E-state index contributed by atoms with van der Waals surface area (Å²) in [4.78, 5) is 0. The average Bonchev–Trinajstić information content (AvgIpc) is 2.51. The van der Waals surface area contributed by atoms with Gasteiger partial charge in [-0.05, 0) is 26.7 Å². The van der Waals surface area contributed by atoms with E-state index in [9.17, 15) is 0 Å². The SMILES string of the molecule is CC(NC[C@H](C)O)C1CCCO1. The molecule has 1 aliphatic rings. The minimum Gasteiger partial charge on any atom is -0.392 e. The van der Waals surface area contributed by atoms with Gasteiger partial charge in [-0.15, -0.1) is 0 Å². The van der Waals surface area contributed by atoms with E-state index in [1.54, 1.807) is 6.92 Å². The molecule has 1 rings (SSSR count). The predicted octanol–water partition coefficient (Wildman–Crippen LogP) is 0.524. The van der Waals surface area contributed by atoms with Crippen molar-refractivity contribution in [2.45, 2.75) is 44.9 Å². The number of hydrogen-bond acceptors (Lipinski definition) is 3. The fourth-order valence-electron chi connectivity index (χ4n) is 1.48. The van der Waals surface area contributed by atoms with Gasteiger partial charge >= 0.3 is 0 Å². The molecule has 3 heteroatoms. The Hall–Kier alpha value is -0.120. The highest BCUT2D eigenvalue weighted by Crippen LogP contribution is 2.15. The molecular weight excluding hydrogens is 154 g/mol. The van der Waals surface area contributed by atoms with Crippen molar-refractivity contribution in [1.82, 2.24) is 5.32 Å². The standard InChI is InChI=1S/C9H19NO2/c1-7(11)6-10-8(2)9-4-3-5-12-9/h7-11H,3-6H2,1-2H3/t7-,8?,9?/m0/s1. The van der Waals surface area contributed by atoms with Crippen LogP contribution in [0.15, 0.2) is 0 Å². The van der Waals surface area contributed by atoms with Crippen molar-refractivity contribution in [3.63, 3.8) is 0 Å². The highest BCUT2D eigenvalue weighted by Gasteiger charge is 2.21. The number of nitrogens with one attached hydrogen (secondary N) is 1. The lowest BCUT2D eigenvalue weighted by Crippen LogP contribution is -2.40. The molecule has 0 aromatic heterocycles. The second kappa shape index (κ2) is 4.80. The summed E-state index contributed by atoms with van der Waals surface area (Å²) in [5.74, 6) is 0. The van der Waals surface area contributed by atoms with E-state index in [2.05, 4.69) is 12.2 Å². The van der Waals surface area contributed by atoms with Gasteiger partial charge in [-0.2, -0.15) is 0 Å². The molecule has 1 aliphatic heterocycles. The fourth-order valence-corrected chi connectivity index (χ4v) is 1.48. The maximum atomic E-state index is 9.04. The maximum Gasteiger partial charge on any atom is 0.0726 e. The van der Waals surface area contributed by atoms with Crippen LogP contribution in [0.5, 0.6) is 0 Å².